The van der Waals surface area contributed by atoms with Gasteiger partial charge in [-0.1, -0.05) is 23.2 Å². The standard InChI is InChI=1S/C12H12Cl2N2O3/c13-7-1-2-9(14)8(3-7)11(18)16-12(4-10(15)17)5-19-6-12/h1-3H,4-6H2,(H2,15,17)(H,16,18). The van der Waals surface area contributed by atoms with Crippen LogP contribution in [-0.4, -0.2) is 30.6 Å². The van der Waals surface area contributed by atoms with E-state index in [0.29, 0.717) is 5.02 Å². The zero-order valence-electron chi connectivity index (χ0n) is 9.91. The quantitative estimate of drug-likeness (QED) is 0.881. The first-order chi connectivity index (χ1) is 8.92. The van der Waals surface area contributed by atoms with E-state index in [2.05, 4.69) is 5.32 Å². The molecule has 1 heterocycles. The lowest BCUT2D eigenvalue weighted by atomic mass is 9.92. The molecule has 1 aliphatic rings. The Morgan fingerprint density at radius 2 is 2.05 bits per heavy atom. The van der Waals surface area contributed by atoms with Gasteiger partial charge in [0.25, 0.3) is 5.91 Å². The molecule has 102 valence electrons. The Kier molecular flexibility index (Phi) is 3.99. The Bertz CT molecular complexity index is 530. The molecule has 0 unspecified atom stereocenters. The molecule has 19 heavy (non-hydrogen) atoms. The molecule has 1 aromatic carbocycles. The van der Waals surface area contributed by atoms with Crippen LogP contribution < -0.4 is 11.1 Å². The lowest BCUT2D eigenvalue weighted by molar-refractivity contribution is -0.127. The van der Waals surface area contributed by atoms with Crippen LogP contribution in [0.2, 0.25) is 10.0 Å². The van der Waals surface area contributed by atoms with Gasteiger partial charge in [-0.25, -0.2) is 0 Å². The summed E-state index contributed by atoms with van der Waals surface area (Å²) in [6.07, 6.45) is 0.0247. The van der Waals surface area contributed by atoms with Crippen LogP contribution in [0.5, 0.6) is 0 Å². The molecule has 0 aromatic heterocycles. The number of hydrogen-bond acceptors (Lipinski definition) is 3. The van der Waals surface area contributed by atoms with Gasteiger partial charge < -0.3 is 15.8 Å². The Labute approximate surface area is 120 Å². The molecule has 3 N–H and O–H groups in total. The van der Waals surface area contributed by atoms with Crippen molar-refractivity contribution in [2.45, 2.75) is 12.0 Å². The highest BCUT2D eigenvalue weighted by atomic mass is 35.5. The van der Waals surface area contributed by atoms with Crippen molar-refractivity contribution >= 4 is 35.0 Å². The zero-order chi connectivity index (χ0) is 14.0. The average Bonchev–Trinajstić information content (AvgIpc) is 2.28. The van der Waals surface area contributed by atoms with Crippen LogP contribution in [0.25, 0.3) is 0 Å². The molecule has 0 saturated carbocycles. The van der Waals surface area contributed by atoms with E-state index in [0.717, 1.165) is 0 Å². The van der Waals surface area contributed by atoms with Crippen LogP contribution in [-0.2, 0) is 9.53 Å². The first kappa shape index (κ1) is 14.1. The molecular formula is C12H12Cl2N2O3. The van der Waals surface area contributed by atoms with E-state index in [4.69, 9.17) is 33.7 Å². The number of rotatable bonds is 4. The number of ether oxygens (including phenoxy) is 1. The third-order valence-electron chi connectivity index (χ3n) is 2.82. The summed E-state index contributed by atoms with van der Waals surface area (Å²) in [6.45, 7) is 0.500. The van der Waals surface area contributed by atoms with Gasteiger partial charge >= 0.3 is 0 Å². The molecular weight excluding hydrogens is 291 g/mol. The van der Waals surface area contributed by atoms with Crippen LogP contribution in [0.3, 0.4) is 0 Å². The molecule has 0 spiro atoms. The Balaban J connectivity index is 2.16. The second-order valence-electron chi connectivity index (χ2n) is 4.49. The number of halogens is 2. The normalized spacial score (nSPS) is 16.5. The number of nitrogens with two attached hydrogens (primary N) is 1. The summed E-state index contributed by atoms with van der Waals surface area (Å²) in [5, 5.41) is 3.43. The Hall–Kier alpha value is -1.30. The second-order valence-corrected chi connectivity index (χ2v) is 5.34. The van der Waals surface area contributed by atoms with Crippen LogP contribution in [0.1, 0.15) is 16.8 Å². The number of benzene rings is 1. The molecule has 0 radical (unpaired) electrons. The van der Waals surface area contributed by atoms with Crippen molar-refractivity contribution in [3.63, 3.8) is 0 Å². The topological polar surface area (TPSA) is 81.4 Å². The predicted octanol–water partition coefficient (Wildman–Crippen LogP) is 1.37. The first-order valence-electron chi connectivity index (χ1n) is 5.55. The summed E-state index contributed by atoms with van der Waals surface area (Å²) < 4.78 is 5.05. The van der Waals surface area contributed by atoms with Gasteiger partial charge in [0.15, 0.2) is 0 Å². The van der Waals surface area contributed by atoms with Gasteiger partial charge in [0.1, 0.15) is 0 Å². The van der Waals surface area contributed by atoms with Crippen LogP contribution in [0.4, 0.5) is 0 Å². The molecule has 1 aliphatic heterocycles. The van der Waals surface area contributed by atoms with Crippen molar-refractivity contribution in [2.24, 2.45) is 5.73 Å². The summed E-state index contributed by atoms with van der Waals surface area (Å²) in [6, 6.07) is 4.60. The lowest BCUT2D eigenvalue weighted by Gasteiger charge is -2.41. The van der Waals surface area contributed by atoms with E-state index in [9.17, 15) is 9.59 Å². The summed E-state index contributed by atoms with van der Waals surface area (Å²) in [4.78, 5) is 23.2. The van der Waals surface area contributed by atoms with Gasteiger partial charge in [0.2, 0.25) is 5.91 Å². The highest BCUT2D eigenvalue weighted by Crippen LogP contribution is 2.24. The van der Waals surface area contributed by atoms with Crippen molar-refractivity contribution in [2.75, 3.05) is 13.2 Å². The third kappa shape index (κ3) is 3.18. The summed E-state index contributed by atoms with van der Waals surface area (Å²) >= 11 is 11.8. The SMILES string of the molecule is NC(=O)CC1(NC(=O)c2cc(Cl)ccc2Cl)COC1. The van der Waals surface area contributed by atoms with Crippen molar-refractivity contribution in [1.29, 1.82) is 0 Å². The fourth-order valence-corrected chi connectivity index (χ4v) is 2.26. The van der Waals surface area contributed by atoms with Crippen LogP contribution >= 0.6 is 23.2 Å². The predicted molar refractivity (Wildman–Crippen MR) is 71.3 cm³/mol. The summed E-state index contributed by atoms with van der Waals surface area (Å²) in [5.41, 5.74) is 4.68. The maximum absolute atomic E-state index is 12.1. The van der Waals surface area contributed by atoms with Crippen molar-refractivity contribution in [3.05, 3.63) is 33.8 Å². The van der Waals surface area contributed by atoms with Crippen LogP contribution in [0.15, 0.2) is 18.2 Å². The first-order valence-corrected chi connectivity index (χ1v) is 6.31. The fraction of sp³-hybridized carbons (Fsp3) is 0.333. The Morgan fingerprint density at radius 1 is 1.37 bits per heavy atom. The smallest absolute Gasteiger partial charge is 0.253 e. The zero-order valence-corrected chi connectivity index (χ0v) is 11.4. The molecule has 2 rings (SSSR count). The number of hydrogen-bond donors (Lipinski definition) is 2. The monoisotopic (exact) mass is 302 g/mol. The minimum Gasteiger partial charge on any atom is -0.376 e. The average molecular weight is 303 g/mol. The highest BCUT2D eigenvalue weighted by molar-refractivity contribution is 6.35. The minimum atomic E-state index is -0.742. The van der Waals surface area contributed by atoms with Crippen molar-refractivity contribution in [3.8, 4) is 0 Å². The fourth-order valence-electron chi connectivity index (χ4n) is 1.88. The van der Waals surface area contributed by atoms with Gasteiger partial charge in [-0.2, -0.15) is 0 Å². The molecule has 1 aromatic rings. The van der Waals surface area contributed by atoms with Crippen molar-refractivity contribution < 1.29 is 14.3 Å². The maximum Gasteiger partial charge on any atom is 0.253 e. The molecule has 1 fully saturated rings. The van der Waals surface area contributed by atoms with Gasteiger partial charge in [-0.15, -0.1) is 0 Å². The van der Waals surface area contributed by atoms with Crippen LogP contribution in [0, 0.1) is 0 Å². The molecule has 0 atom stereocenters. The van der Waals surface area contributed by atoms with E-state index in [1.165, 1.54) is 12.1 Å². The molecule has 0 bridgehead atoms. The lowest BCUT2D eigenvalue weighted by Crippen LogP contribution is -2.63. The number of carbonyl (C=O) groups excluding carboxylic acids is 2. The highest BCUT2D eigenvalue weighted by Gasteiger charge is 2.41. The molecule has 7 heteroatoms. The van der Waals surface area contributed by atoms with E-state index >= 15 is 0 Å². The summed E-state index contributed by atoms with van der Waals surface area (Å²) in [5.74, 6) is -0.905. The van der Waals surface area contributed by atoms with Gasteiger partial charge in [-0.05, 0) is 18.2 Å². The number of carbonyl (C=O) groups is 2. The van der Waals surface area contributed by atoms with Crippen molar-refractivity contribution in [1.82, 2.24) is 5.32 Å². The van der Waals surface area contributed by atoms with E-state index in [1.54, 1.807) is 6.07 Å². The molecule has 2 amide bonds. The molecule has 5 nitrogen and oxygen atoms in total. The number of amides is 2. The number of nitrogens with one attached hydrogen (secondary N) is 1. The Morgan fingerprint density at radius 3 is 2.58 bits per heavy atom. The maximum atomic E-state index is 12.1. The van der Waals surface area contributed by atoms with Gasteiger partial charge in [0.05, 0.1) is 35.8 Å². The second kappa shape index (κ2) is 5.36. The molecule has 1 saturated heterocycles. The third-order valence-corrected chi connectivity index (χ3v) is 3.39. The minimum absolute atomic E-state index is 0.0247. The number of primary amides is 1. The molecule has 0 aliphatic carbocycles. The van der Waals surface area contributed by atoms with Gasteiger partial charge in [0, 0.05) is 5.02 Å². The largest absolute Gasteiger partial charge is 0.376 e. The van der Waals surface area contributed by atoms with E-state index in [1.807, 2.05) is 0 Å². The van der Waals surface area contributed by atoms with Gasteiger partial charge in [-0.3, -0.25) is 9.59 Å². The van der Waals surface area contributed by atoms with E-state index < -0.39 is 17.4 Å². The summed E-state index contributed by atoms with van der Waals surface area (Å²) in [7, 11) is 0. The van der Waals surface area contributed by atoms with E-state index in [-0.39, 0.29) is 30.2 Å².